The van der Waals surface area contributed by atoms with Crippen LogP contribution in [-0.2, 0) is 19.1 Å². The number of aliphatic hydroxyl groups excluding tert-OH is 1. The van der Waals surface area contributed by atoms with Crippen molar-refractivity contribution in [3.05, 3.63) is 12.2 Å². The Kier molecular flexibility index (Phi) is 3.34. The van der Waals surface area contributed by atoms with E-state index in [1.807, 2.05) is 26.0 Å². The third-order valence-corrected chi connectivity index (χ3v) is 7.28. The first-order chi connectivity index (χ1) is 11.4. The molecule has 0 radical (unpaired) electrons. The van der Waals surface area contributed by atoms with Crippen LogP contribution >= 0.6 is 0 Å². The molecule has 3 fully saturated rings. The first-order valence-electron chi connectivity index (χ1n) is 8.88. The predicted octanol–water partition coefficient (Wildman–Crippen LogP) is 1.39. The number of ether oxygens (including phenoxy) is 1. The highest BCUT2D eigenvalue weighted by atomic mass is 16.5. The molecular formula is C19H24O5. The van der Waals surface area contributed by atoms with E-state index in [4.69, 9.17) is 4.74 Å². The lowest BCUT2D eigenvalue weighted by atomic mass is 9.47. The van der Waals surface area contributed by atoms with E-state index >= 15 is 0 Å². The fourth-order valence-electron chi connectivity index (χ4n) is 6.32. The number of ketones is 2. The molecule has 4 aliphatic carbocycles. The van der Waals surface area contributed by atoms with Gasteiger partial charge in [-0.2, -0.15) is 0 Å². The topological polar surface area (TPSA) is 80.7 Å². The van der Waals surface area contributed by atoms with E-state index < -0.39 is 29.3 Å². The Morgan fingerprint density at radius 1 is 1.21 bits per heavy atom. The molecule has 3 saturated carbocycles. The average molecular weight is 332 g/mol. The minimum Gasteiger partial charge on any atom is -0.468 e. The summed E-state index contributed by atoms with van der Waals surface area (Å²) >= 11 is 0. The number of fused-ring (bicyclic) bond motifs is 6. The SMILES string of the molecule is COC(=O)[C@]12C(=O)C3C(C(=O)[C@@H]1[C@@H](C)C=C[C@H]2C)[C@@H]1C[C@@H](O)[C@H]3C1. The summed E-state index contributed by atoms with van der Waals surface area (Å²) in [7, 11) is 1.28. The van der Waals surface area contributed by atoms with Gasteiger partial charge in [0.2, 0.25) is 0 Å². The summed E-state index contributed by atoms with van der Waals surface area (Å²) in [6, 6.07) is 0. The molecule has 1 N–H and O–H groups in total. The summed E-state index contributed by atoms with van der Waals surface area (Å²) in [5, 5.41) is 10.3. The van der Waals surface area contributed by atoms with Crippen LogP contribution in [0.25, 0.3) is 0 Å². The summed E-state index contributed by atoms with van der Waals surface area (Å²) in [6.45, 7) is 3.72. The normalized spacial score (nSPS) is 52.2. The second-order valence-corrected chi connectivity index (χ2v) is 8.15. The maximum absolute atomic E-state index is 13.6. The van der Waals surface area contributed by atoms with Crippen molar-refractivity contribution in [1.82, 2.24) is 0 Å². The molecule has 0 saturated heterocycles. The van der Waals surface area contributed by atoms with Gasteiger partial charge < -0.3 is 9.84 Å². The zero-order chi connectivity index (χ0) is 17.4. The highest BCUT2D eigenvalue weighted by molar-refractivity contribution is 6.14. The van der Waals surface area contributed by atoms with Crippen LogP contribution in [-0.4, -0.2) is 35.9 Å². The van der Waals surface area contributed by atoms with Crippen molar-refractivity contribution in [2.45, 2.75) is 32.8 Å². The Morgan fingerprint density at radius 2 is 1.92 bits per heavy atom. The van der Waals surface area contributed by atoms with E-state index in [9.17, 15) is 19.5 Å². The van der Waals surface area contributed by atoms with Gasteiger partial charge in [-0.1, -0.05) is 26.0 Å². The molecule has 4 aliphatic rings. The molecule has 0 aromatic rings. The van der Waals surface area contributed by atoms with Crippen LogP contribution in [0.3, 0.4) is 0 Å². The Balaban J connectivity index is 1.90. The van der Waals surface area contributed by atoms with Gasteiger partial charge in [0, 0.05) is 17.8 Å². The Morgan fingerprint density at radius 3 is 2.58 bits per heavy atom. The molecule has 9 atom stereocenters. The largest absolute Gasteiger partial charge is 0.468 e. The van der Waals surface area contributed by atoms with Crippen molar-refractivity contribution < 1.29 is 24.2 Å². The van der Waals surface area contributed by atoms with E-state index in [0.29, 0.717) is 12.8 Å². The monoisotopic (exact) mass is 332 g/mol. The van der Waals surface area contributed by atoms with Crippen molar-refractivity contribution in [3.8, 4) is 0 Å². The van der Waals surface area contributed by atoms with Crippen molar-refractivity contribution in [2.75, 3.05) is 7.11 Å². The number of aliphatic hydroxyl groups is 1. The summed E-state index contributed by atoms with van der Waals surface area (Å²) in [5.74, 6) is -2.87. The molecular weight excluding hydrogens is 308 g/mol. The fraction of sp³-hybridized carbons (Fsp3) is 0.737. The van der Waals surface area contributed by atoms with Crippen LogP contribution in [0.2, 0.25) is 0 Å². The number of esters is 1. The van der Waals surface area contributed by atoms with Crippen LogP contribution in [0.1, 0.15) is 26.7 Å². The molecule has 0 aromatic heterocycles. The van der Waals surface area contributed by atoms with Gasteiger partial charge in [0.1, 0.15) is 11.2 Å². The highest BCUT2D eigenvalue weighted by Crippen LogP contribution is 2.63. The van der Waals surface area contributed by atoms with Gasteiger partial charge in [0.15, 0.2) is 5.78 Å². The van der Waals surface area contributed by atoms with Gasteiger partial charge in [-0.15, -0.1) is 0 Å². The van der Waals surface area contributed by atoms with Crippen LogP contribution in [0.15, 0.2) is 12.2 Å². The van der Waals surface area contributed by atoms with E-state index in [0.717, 1.165) is 0 Å². The second-order valence-electron chi connectivity index (χ2n) is 8.15. The maximum atomic E-state index is 13.6. The van der Waals surface area contributed by atoms with Gasteiger partial charge in [-0.3, -0.25) is 14.4 Å². The average Bonchev–Trinajstić information content (AvgIpc) is 3.11. The second kappa shape index (κ2) is 5.01. The summed E-state index contributed by atoms with van der Waals surface area (Å²) in [4.78, 5) is 39.8. The van der Waals surface area contributed by atoms with Crippen molar-refractivity contribution in [3.63, 3.8) is 0 Å². The van der Waals surface area contributed by atoms with Gasteiger partial charge in [-0.05, 0) is 36.5 Å². The molecule has 0 amide bonds. The summed E-state index contributed by atoms with van der Waals surface area (Å²) < 4.78 is 5.03. The quantitative estimate of drug-likeness (QED) is 0.446. The standard InChI is InChI=1S/C19H24O5/c1-8-4-5-9(2)19(18(23)24-3)15(8)16(21)13-10-6-11(12(20)7-10)14(13)17(19)22/h4-5,8-15,20H,6-7H2,1-3H3/t8-,9+,10-,11+,12+,13?,14?,15-,19-/m0/s1. The van der Waals surface area contributed by atoms with E-state index in [-0.39, 0.29) is 41.2 Å². The fourth-order valence-corrected chi connectivity index (χ4v) is 6.32. The molecule has 24 heavy (non-hydrogen) atoms. The number of Topliss-reactive ketones (excluding diaryl/α,β-unsaturated/α-hetero) is 2. The molecule has 5 nitrogen and oxygen atoms in total. The van der Waals surface area contributed by atoms with Crippen molar-refractivity contribution in [2.24, 2.45) is 46.8 Å². The zero-order valence-corrected chi connectivity index (χ0v) is 14.3. The molecule has 5 heteroatoms. The summed E-state index contributed by atoms with van der Waals surface area (Å²) in [6.07, 6.45) is 4.60. The molecule has 0 aromatic carbocycles. The third kappa shape index (κ3) is 1.62. The number of allylic oxidation sites excluding steroid dienone is 2. The Bertz CT molecular complexity index is 652. The molecule has 2 bridgehead atoms. The van der Waals surface area contributed by atoms with E-state index in [1.165, 1.54) is 7.11 Å². The van der Waals surface area contributed by atoms with Crippen LogP contribution in [0.4, 0.5) is 0 Å². The minimum absolute atomic E-state index is 0.0353. The highest BCUT2D eigenvalue weighted by Gasteiger charge is 2.72. The molecule has 0 spiro atoms. The van der Waals surface area contributed by atoms with Gasteiger partial charge in [0.25, 0.3) is 0 Å². The predicted molar refractivity (Wildman–Crippen MR) is 84.6 cm³/mol. The molecule has 130 valence electrons. The smallest absolute Gasteiger partial charge is 0.320 e. The molecule has 4 rings (SSSR count). The molecule has 0 aliphatic heterocycles. The molecule has 2 unspecified atom stereocenters. The number of carbonyl (C=O) groups is 3. The van der Waals surface area contributed by atoms with Gasteiger partial charge >= 0.3 is 5.97 Å². The Hall–Kier alpha value is -1.49. The first kappa shape index (κ1) is 16.0. The first-order valence-corrected chi connectivity index (χ1v) is 8.88. The Labute approximate surface area is 141 Å². The van der Waals surface area contributed by atoms with Crippen LogP contribution in [0.5, 0.6) is 0 Å². The van der Waals surface area contributed by atoms with E-state index in [2.05, 4.69) is 0 Å². The van der Waals surface area contributed by atoms with Crippen LogP contribution in [0, 0.1) is 46.8 Å². The van der Waals surface area contributed by atoms with Crippen molar-refractivity contribution >= 4 is 17.5 Å². The number of hydrogen-bond donors (Lipinski definition) is 1. The number of rotatable bonds is 1. The van der Waals surface area contributed by atoms with Crippen LogP contribution < -0.4 is 0 Å². The number of methoxy groups -OCH3 is 1. The number of carbonyl (C=O) groups excluding carboxylic acids is 3. The minimum atomic E-state index is -1.43. The van der Waals surface area contributed by atoms with Crippen molar-refractivity contribution in [1.29, 1.82) is 0 Å². The lowest BCUT2D eigenvalue weighted by Crippen LogP contribution is -2.65. The lowest BCUT2D eigenvalue weighted by molar-refractivity contribution is -0.182. The third-order valence-electron chi connectivity index (χ3n) is 7.28. The van der Waals surface area contributed by atoms with E-state index in [1.54, 1.807) is 0 Å². The lowest BCUT2D eigenvalue weighted by Gasteiger charge is -2.52. The number of hydrogen-bond acceptors (Lipinski definition) is 5. The maximum Gasteiger partial charge on any atom is 0.320 e. The zero-order valence-electron chi connectivity index (χ0n) is 14.3. The van der Waals surface area contributed by atoms with Gasteiger partial charge in [0.05, 0.1) is 13.2 Å². The van der Waals surface area contributed by atoms with Gasteiger partial charge in [-0.25, -0.2) is 0 Å². The summed E-state index contributed by atoms with van der Waals surface area (Å²) in [5.41, 5.74) is -1.43. The molecule has 0 heterocycles.